The molecule has 1 amide bonds. The number of hydrogen-bond donors (Lipinski definition) is 1. The first-order valence-corrected chi connectivity index (χ1v) is 9.14. The van der Waals surface area contributed by atoms with Crippen molar-refractivity contribution in [1.82, 2.24) is 19.7 Å². The van der Waals surface area contributed by atoms with Crippen molar-refractivity contribution in [3.63, 3.8) is 0 Å². The number of aromatic amines is 1. The fourth-order valence-corrected chi connectivity index (χ4v) is 3.67. The first-order valence-electron chi connectivity index (χ1n) is 9.14. The molecule has 0 radical (unpaired) electrons. The maximum Gasteiger partial charge on any atom is 0.253 e. The van der Waals surface area contributed by atoms with E-state index in [4.69, 9.17) is 0 Å². The molecule has 0 atom stereocenters. The molecule has 6 nitrogen and oxygen atoms in total. The Bertz CT molecular complexity index is 858. The van der Waals surface area contributed by atoms with Crippen LogP contribution in [-0.2, 0) is 18.3 Å². The summed E-state index contributed by atoms with van der Waals surface area (Å²) >= 11 is 0. The number of carbonyl (C=O) groups excluding carboxylic acids is 1. The average molecular weight is 344 g/mol. The van der Waals surface area contributed by atoms with E-state index in [9.17, 15) is 9.59 Å². The van der Waals surface area contributed by atoms with Crippen molar-refractivity contribution < 1.29 is 4.79 Å². The Morgan fingerprint density at radius 2 is 2.04 bits per heavy atom. The summed E-state index contributed by atoms with van der Waals surface area (Å²) in [6.45, 7) is 8.98. The molecule has 1 aliphatic rings. The Morgan fingerprint density at radius 1 is 1.36 bits per heavy atom. The van der Waals surface area contributed by atoms with Gasteiger partial charge in [-0.05, 0) is 44.6 Å². The van der Waals surface area contributed by atoms with Crippen molar-refractivity contribution in [3.05, 3.63) is 27.2 Å². The Kier molecular flexibility index (Phi) is 4.71. The summed E-state index contributed by atoms with van der Waals surface area (Å²) in [5, 5.41) is 5.38. The van der Waals surface area contributed by atoms with Gasteiger partial charge in [0, 0.05) is 37.0 Å². The molecule has 2 aromatic rings. The van der Waals surface area contributed by atoms with Crippen molar-refractivity contribution >= 4 is 16.9 Å². The minimum Gasteiger partial charge on any atom is -0.339 e. The van der Waals surface area contributed by atoms with E-state index in [-0.39, 0.29) is 11.5 Å². The summed E-state index contributed by atoms with van der Waals surface area (Å²) in [4.78, 5) is 30.1. The lowest BCUT2D eigenvalue weighted by Crippen LogP contribution is -2.36. The number of aromatic nitrogens is 3. The molecule has 1 aliphatic carbocycles. The van der Waals surface area contributed by atoms with Crippen LogP contribution in [0.5, 0.6) is 0 Å². The van der Waals surface area contributed by atoms with E-state index in [2.05, 4.69) is 23.9 Å². The van der Waals surface area contributed by atoms with Gasteiger partial charge in [0.15, 0.2) is 0 Å². The van der Waals surface area contributed by atoms with Crippen LogP contribution in [0, 0.1) is 19.8 Å². The van der Waals surface area contributed by atoms with E-state index in [1.807, 2.05) is 25.8 Å². The number of fused-ring (bicyclic) bond motifs is 1. The number of carbonyl (C=O) groups is 1. The fraction of sp³-hybridized carbons (Fsp3) is 0.632. The number of hydrogen-bond acceptors (Lipinski definition) is 3. The van der Waals surface area contributed by atoms with E-state index in [1.54, 1.807) is 4.68 Å². The van der Waals surface area contributed by atoms with Crippen LogP contribution in [0.3, 0.4) is 0 Å². The van der Waals surface area contributed by atoms with Gasteiger partial charge in [-0.15, -0.1) is 0 Å². The van der Waals surface area contributed by atoms with Gasteiger partial charge in [-0.1, -0.05) is 13.8 Å². The lowest BCUT2D eigenvalue weighted by Gasteiger charge is -2.24. The van der Waals surface area contributed by atoms with Gasteiger partial charge >= 0.3 is 0 Å². The highest BCUT2D eigenvalue weighted by molar-refractivity contribution is 5.83. The van der Waals surface area contributed by atoms with Gasteiger partial charge in [0.2, 0.25) is 5.91 Å². The summed E-state index contributed by atoms with van der Waals surface area (Å²) in [6, 6.07) is 0.414. The third-order valence-electron chi connectivity index (χ3n) is 5.01. The fourth-order valence-electron chi connectivity index (χ4n) is 3.67. The molecule has 0 bridgehead atoms. The zero-order chi connectivity index (χ0) is 18.3. The zero-order valence-electron chi connectivity index (χ0n) is 15.8. The summed E-state index contributed by atoms with van der Waals surface area (Å²) < 4.78 is 1.70. The molecule has 3 rings (SSSR count). The molecule has 0 saturated heterocycles. The third kappa shape index (κ3) is 3.48. The smallest absolute Gasteiger partial charge is 0.253 e. The predicted octanol–water partition coefficient (Wildman–Crippen LogP) is 2.46. The van der Waals surface area contributed by atoms with Crippen LogP contribution in [-0.4, -0.2) is 38.2 Å². The van der Waals surface area contributed by atoms with Crippen molar-refractivity contribution in [1.29, 1.82) is 0 Å². The molecule has 1 N–H and O–H groups in total. The highest BCUT2D eigenvalue weighted by Gasteiger charge is 2.32. The summed E-state index contributed by atoms with van der Waals surface area (Å²) in [6.07, 6.45) is 3.08. The molecule has 0 unspecified atom stereocenters. The lowest BCUT2D eigenvalue weighted by molar-refractivity contribution is -0.132. The van der Waals surface area contributed by atoms with Gasteiger partial charge in [-0.3, -0.25) is 14.3 Å². The largest absolute Gasteiger partial charge is 0.339 e. The number of nitrogens with one attached hydrogen (secondary N) is 1. The Hall–Kier alpha value is -2.11. The van der Waals surface area contributed by atoms with Gasteiger partial charge in [0.1, 0.15) is 5.65 Å². The zero-order valence-corrected chi connectivity index (χ0v) is 15.8. The molecule has 2 aromatic heterocycles. The van der Waals surface area contributed by atoms with E-state index in [0.717, 1.165) is 41.7 Å². The maximum atomic E-state index is 12.7. The van der Waals surface area contributed by atoms with E-state index >= 15 is 0 Å². The van der Waals surface area contributed by atoms with Gasteiger partial charge in [-0.25, -0.2) is 0 Å². The second kappa shape index (κ2) is 6.65. The molecule has 1 fully saturated rings. The second-order valence-corrected chi connectivity index (χ2v) is 7.66. The summed E-state index contributed by atoms with van der Waals surface area (Å²) in [5.74, 6) is 0.627. The first-order chi connectivity index (χ1) is 11.8. The number of pyridine rings is 1. The number of nitrogens with zero attached hydrogens (tertiary/aromatic N) is 3. The van der Waals surface area contributed by atoms with Gasteiger partial charge in [-0.2, -0.15) is 5.10 Å². The molecule has 0 spiro atoms. The van der Waals surface area contributed by atoms with Crippen LogP contribution in [0.25, 0.3) is 11.0 Å². The van der Waals surface area contributed by atoms with Crippen molar-refractivity contribution in [2.45, 2.75) is 59.4 Å². The molecule has 1 saturated carbocycles. The minimum atomic E-state index is -0.109. The van der Waals surface area contributed by atoms with E-state index in [1.165, 1.54) is 0 Å². The van der Waals surface area contributed by atoms with Gasteiger partial charge in [0.25, 0.3) is 5.56 Å². The van der Waals surface area contributed by atoms with E-state index < -0.39 is 0 Å². The molecular weight excluding hydrogens is 316 g/mol. The number of rotatable bonds is 6. The Morgan fingerprint density at radius 3 is 2.64 bits per heavy atom. The predicted molar refractivity (Wildman–Crippen MR) is 98.7 cm³/mol. The van der Waals surface area contributed by atoms with Crippen LogP contribution in [0.1, 0.15) is 49.9 Å². The highest BCUT2D eigenvalue weighted by Crippen LogP contribution is 2.28. The molecule has 0 aliphatic heterocycles. The summed E-state index contributed by atoms with van der Waals surface area (Å²) in [7, 11) is 1.83. The number of aryl methyl sites for hydroxylation is 3. The average Bonchev–Trinajstić information content (AvgIpc) is 3.31. The molecule has 0 aromatic carbocycles. The SMILES string of the molecule is Cc1nn(C)c2[nH]c(=O)c(CCC(=O)N(CC(C)C)C3CC3)c(C)c12. The number of amides is 1. The molecular formula is C19H28N4O2. The quantitative estimate of drug-likeness (QED) is 0.875. The maximum absolute atomic E-state index is 12.7. The van der Waals surface area contributed by atoms with Gasteiger partial charge in [0.05, 0.1) is 5.69 Å². The van der Waals surface area contributed by atoms with Crippen molar-refractivity contribution in [2.24, 2.45) is 13.0 Å². The first kappa shape index (κ1) is 17.7. The normalized spacial score (nSPS) is 14.5. The van der Waals surface area contributed by atoms with Crippen LogP contribution >= 0.6 is 0 Å². The van der Waals surface area contributed by atoms with Crippen molar-refractivity contribution in [2.75, 3.05) is 6.54 Å². The monoisotopic (exact) mass is 344 g/mol. The van der Waals surface area contributed by atoms with E-state index in [0.29, 0.717) is 30.4 Å². The standard InChI is InChI=1S/C19H28N4O2/c1-11(2)10-23(14-6-7-14)16(24)9-8-15-12(3)17-13(4)21-22(5)18(17)20-19(15)25/h11,14H,6-10H2,1-5H3,(H,20,25). The van der Waals surface area contributed by atoms with Crippen LogP contribution in [0.2, 0.25) is 0 Å². The van der Waals surface area contributed by atoms with Crippen LogP contribution in [0.4, 0.5) is 0 Å². The minimum absolute atomic E-state index is 0.109. The molecule has 6 heteroatoms. The summed E-state index contributed by atoms with van der Waals surface area (Å²) in [5.41, 5.74) is 3.19. The number of H-pyrrole nitrogens is 1. The van der Waals surface area contributed by atoms with Crippen molar-refractivity contribution in [3.8, 4) is 0 Å². The lowest BCUT2D eigenvalue weighted by atomic mass is 10.0. The molecule has 136 valence electrons. The molecule has 25 heavy (non-hydrogen) atoms. The Labute approximate surface area is 148 Å². The van der Waals surface area contributed by atoms with Crippen LogP contribution < -0.4 is 5.56 Å². The van der Waals surface area contributed by atoms with Crippen LogP contribution in [0.15, 0.2) is 4.79 Å². The topological polar surface area (TPSA) is 71.0 Å². The third-order valence-corrected chi connectivity index (χ3v) is 5.01. The highest BCUT2D eigenvalue weighted by atomic mass is 16.2. The second-order valence-electron chi connectivity index (χ2n) is 7.66. The molecule has 2 heterocycles. The van der Waals surface area contributed by atoms with Gasteiger partial charge < -0.3 is 9.88 Å². The Balaban J connectivity index is 1.82.